The van der Waals surface area contributed by atoms with E-state index in [1.807, 2.05) is 51.6 Å². The average molecular weight is 698 g/mol. The molecule has 0 aliphatic carbocycles. The van der Waals surface area contributed by atoms with Gasteiger partial charge in [0.25, 0.3) is 0 Å². The van der Waals surface area contributed by atoms with Gasteiger partial charge in [-0.2, -0.15) is 0 Å². The Balaban J connectivity index is 1.90. The van der Waals surface area contributed by atoms with Gasteiger partial charge in [0.2, 0.25) is 0 Å². The molecule has 3 saturated heterocycles. The molecule has 13 heteroatoms. The highest BCUT2D eigenvalue weighted by Gasteiger charge is 2.51. The van der Waals surface area contributed by atoms with Crippen molar-refractivity contribution in [2.75, 3.05) is 73.6 Å². The van der Waals surface area contributed by atoms with Gasteiger partial charge in [0.05, 0.1) is 23.9 Å². The lowest BCUT2D eigenvalue weighted by Crippen LogP contribution is -2.59. The first-order chi connectivity index (χ1) is 22.8. The van der Waals surface area contributed by atoms with E-state index < -0.39 is 41.4 Å². The summed E-state index contributed by atoms with van der Waals surface area (Å²) in [7, 11) is 5.47. The minimum Gasteiger partial charge on any atom is -0.463 e. The normalized spacial score (nSPS) is 36.2. The van der Waals surface area contributed by atoms with Crippen LogP contribution >= 0.6 is 0 Å². The number of aliphatic hydroxyl groups is 1. The van der Waals surface area contributed by atoms with Crippen LogP contribution in [-0.4, -0.2) is 164 Å². The lowest BCUT2D eigenvalue weighted by molar-refractivity contribution is -0.295. The second-order valence-electron chi connectivity index (χ2n) is 16.0. The molecule has 3 aliphatic heterocycles. The number of methoxy groups -OCH3 is 1. The molecule has 3 heterocycles. The van der Waals surface area contributed by atoms with Gasteiger partial charge in [0.15, 0.2) is 12.1 Å². The Hall–Kier alpha value is -1.87. The van der Waals surface area contributed by atoms with Gasteiger partial charge in [-0.3, -0.25) is 19.4 Å². The standard InChI is InChI=1S/C36H67N5O8/c1-13-40-20-24(4)19-36(9,46-12)31(49-32-29(42)28(38(10)11)18-25(5)48-32)26(6)30(43)35(7,8)33(44)47-22-27(40)21-39-14-16-41(17-15-39)34(45)37-23(2)3/h23-29,31-32,42H,13-22H2,1-12H3,(H,37,45)/t24-,25-,26+,27+,28+,29-,31-,32+,36-/m1/s1. The van der Waals surface area contributed by atoms with Crippen molar-refractivity contribution in [3.63, 3.8) is 0 Å². The van der Waals surface area contributed by atoms with Crippen LogP contribution in [-0.2, 0) is 28.5 Å². The van der Waals surface area contributed by atoms with E-state index >= 15 is 0 Å². The first kappa shape index (κ1) is 41.5. The Morgan fingerprint density at radius 2 is 1.73 bits per heavy atom. The average Bonchev–Trinajstić information content (AvgIpc) is 3.04. The van der Waals surface area contributed by atoms with Crippen LogP contribution in [0, 0.1) is 17.3 Å². The Labute approximate surface area is 295 Å². The predicted octanol–water partition coefficient (Wildman–Crippen LogP) is 2.44. The fourth-order valence-electron chi connectivity index (χ4n) is 7.80. The lowest BCUT2D eigenvalue weighted by Gasteiger charge is -2.47. The SMILES string of the molecule is CCN1C[C@H](C)C[C@@](C)(OC)[C@H](O[C@@H]2O[C@H](C)C[C@H](N(C)C)[C@H]2O)[C@@H](C)C(=O)C(C)(C)C(=O)OC[C@@H]1CN1CCN(C(=O)NC(C)C)CC1. The number of rotatable bonds is 8. The number of aliphatic hydroxyl groups excluding tert-OH is 1. The molecule has 0 saturated carbocycles. The third-order valence-electron chi connectivity index (χ3n) is 10.8. The summed E-state index contributed by atoms with van der Waals surface area (Å²) in [5, 5.41) is 14.3. The Bertz CT molecular complexity index is 1100. The number of Topliss-reactive ketones (excluding diaryl/α,β-unsaturated/α-hetero) is 1. The maximum Gasteiger partial charge on any atom is 0.319 e. The third-order valence-corrected chi connectivity index (χ3v) is 10.8. The Kier molecular flexibility index (Phi) is 14.9. The van der Waals surface area contributed by atoms with Gasteiger partial charge in [0.1, 0.15) is 18.1 Å². The van der Waals surface area contributed by atoms with Crippen molar-refractivity contribution in [3.8, 4) is 0 Å². The Morgan fingerprint density at radius 3 is 2.29 bits per heavy atom. The summed E-state index contributed by atoms with van der Waals surface area (Å²) in [5.74, 6) is -1.58. The summed E-state index contributed by atoms with van der Waals surface area (Å²) in [6.07, 6.45) is -1.73. The quantitative estimate of drug-likeness (QED) is 0.286. The molecule has 0 aromatic heterocycles. The molecule has 0 radical (unpaired) electrons. The molecule has 3 rings (SSSR count). The Morgan fingerprint density at radius 1 is 1.10 bits per heavy atom. The second-order valence-corrected chi connectivity index (χ2v) is 16.0. The number of urea groups is 1. The van der Waals surface area contributed by atoms with Crippen LogP contribution in [0.1, 0.15) is 75.2 Å². The van der Waals surface area contributed by atoms with E-state index in [-0.39, 0.29) is 48.6 Å². The van der Waals surface area contributed by atoms with Crippen molar-refractivity contribution < 1.29 is 38.4 Å². The molecule has 0 aromatic carbocycles. The molecule has 0 spiro atoms. The van der Waals surface area contributed by atoms with E-state index in [9.17, 15) is 19.5 Å². The number of likely N-dealkylation sites (N-methyl/N-ethyl adjacent to an activating group) is 2. The molecular formula is C36H67N5O8. The molecule has 9 atom stereocenters. The summed E-state index contributed by atoms with van der Waals surface area (Å²) in [6, 6.07) is -0.277. The molecule has 3 fully saturated rings. The molecular weight excluding hydrogens is 630 g/mol. The van der Waals surface area contributed by atoms with Crippen molar-refractivity contribution in [1.29, 1.82) is 0 Å². The topological polar surface area (TPSA) is 133 Å². The zero-order chi connectivity index (χ0) is 36.8. The minimum atomic E-state index is -1.46. The van der Waals surface area contributed by atoms with Gasteiger partial charge in [-0.1, -0.05) is 20.8 Å². The molecule has 2 amide bonds. The molecule has 49 heavy (non-hydrogen) atoms. The number of esters is 1. The van der Waals surface area contributed by atoms with Crippen LogP contribution in [0.2, 0.25) is 0 Å². The van der Waals surface area contributed by atoms with Gasteiger partial charge in [0, 0.05) is 64.4 Å². The van der Waals surface area contributed by atoms with E-state index in [1.54, 1.807) is 27.9 Å². The monoisotopic (exact) mass is 697 g/mol. The number of hydrogen-bond donors (Lipinski definition) is 2. The highest BCUT2D eigenvalue weighted by atomic mass is 16.7. The van der Waals surface area contributed by atoms with Gasteiger partial charge in [-0.05, 0) is 80.9 Å². The number of ketones is 1. The summed E-state index contributed by atoms with van der Waals surface area (Å²) in [5.41, 5.74) is -2.42. The van der Waals surface area contributed by atoms with Crippen molar-refractivity contribution in [3.05, 3.63) is 0 Å². The van der Waals surface area contributed by atoms with Crippen molar-refractivity contribution >= 4 is 17.8 Å². The zero-order valence-corrected chi connectivity index (χ0v) is 32.4. The second kappa shape index (κ2) is 17.6. The maximum atomic E-state index is 14.3. The number of amides is 2. The van der Waals surface area contributed by atoms with Crippen LogP contribution in [0.25, 0.3) is 0 Å². The molecule has 2 N–H and O–H groups in total. The lowest BCUT2D eigenvalue weighted by atomic mass is 9.74. The fraction of sp³-hybridized carbons (Fsp3) is 0.917. The molecule has 0 aromatic rings. The molecule has 3 aliphatic rings. The highest BCUT2D eigenvalue weighted by Crippen LogP contribution is 2.38. The minimum absolute atomic E-state index is 0.0455. The van der Waals surface area contributed by atoms with E-state index in [1.165, 1.54) is 0 Å². The van der Waals surface area contributed by atoms with Crippen molar-refractivity contribution in [1.82, 2.24) is 24.9 Å². The van der Waals surface area contributed by atoms with Crippen LogP contribution in [0.15, 0.2) is 0 Å². The number of nitrogens with one attached hydrogen (secondary N) is 1. The summed E-state index contributed by atoms with van der Waals surface area (Å²) in [4.78, 5) is 49.1. The summed E-state index contributed by atoms with van der Waals surface area (Å²) >= 11 is 0. The van der Waals surface area contributed by atoms with Crippen LogP contribution in [0.3, 0.4) is 0 Å². The number of carbonyl (C=O) groups is 3. The predicted molar refractivity (Wildman–Crippen MR) is 188 cm³/mol. The molecule has 284 valence electrons. The molecule has 0 unspecified atom stereocenters. The van der Waals surface area contributed by atoms with Crippen molar-refractivity contribution in [2.45, 2.75) is 123 Å². The maximum absolute atomic E-state index is 14.3. The van der Waals surface area contributed by atoms with Crippen LogP contribution < -0.4 is 5.32 Å². The van der Waals surface area contributed by atoms with E-state index in [0.717, 1.165) is 6.54 Å². The molecule has 13 nitrogen and oxygen atoms in total. The van der Waals surface area contributed by atoms with Crippen molar-refractivity contribution in [2.24, 2.45) is 17.3 Å². The van der Waals surface area contributed by atoms with E-state index in [4.69, 9.17) is 18.9 Å². The molecule has 0 bridgehead atoms. The van der Waals surface area contributed by atoms with Crippen LogP contribution in [0.4, 0.5) is 4.79 Å². The summed E-state index contributed by atoms with van der Waals surface area (Å²) < 4.78 is 25.1. The zero-order valence-electron chi connectivity index (χ0n) is 32.4. The van der Waals surface area contributed by atoms with Crippen LogP contribution in [0.5, 0.6) is 0 Å². The number of ether oxygens (including phenoxy) is 4. The number of cyclic esters (lactones) is 1. The van der Waals surface area contributed by atoms with Gasteiger partial charge >= 0.3 is 12.0 Å². The smallest absolute Gasteiger partial charge is 0.319 e. The first-order valence-corrected chi connectivity index (χ1v) is 18.3. The fourth-order valence-corrected chi connectivity index (χ4v) is 7.80. The number of piperazine rings is 1. The van der Waals surface area contributed by atoms with E-state index in [2.05, 4.69) is 29.0 Å². The van der Waals surface area contributed by atoms with Gasteiger partial charge in [-0.15, -0.1) is 0 Å². The van der Waals surface area contributed by atoms with E-state index in [0.29, 0.717) is 52.1 Å². The largest absolute Gasteiger partial charge is 0.463 e. The van der Waals surface area contributed by atoms with Gasteiger partial charge < -0.3 is 39.2 Å². The number of nitrogens with zero attached hydrogens (tertiary/aromatic N) is 4. The number of hydrogen-bond acceptors (Lipinski definition) is 11. The summed E-state index contributed by atoms with van der Waals surface area (Å²) in [6.45, 7) is 22.0. The highest BCUT2D eigenvalue weighted by molar-refractivity contribution is 6.04. The van der Waals surface area contributed by atoms with Gasteiger partial charge in [-0.25, -0.2) is 4.79 Å². The first-order valence-electron chi connectivity index (χ1n) is 18.3. The number of carbonyl (C=O) groups excluding carboxylic acids is 3. The third kappa shape index (κ3) is 10.4.